The minimum atomic E-state index is -0.749. The maximum absolute atomic E-state index is 11.6. The quantitative estimate of drug-likeness (QED) is 0.552. The lowest BCUT2D eigenvalue weighted by atomic mass is 9.87. The summed E-state index contributed by atoms with van der Waals surface area (Å²) in [5, 5.41) is 20.0. The molecule has 0 aliphatic carbocycles. The number of aliphatic hydroxyl groups excluding tert-OH is 2. The Balaban J connectivity index is 4.76. The second-order valence-electron chi connectivity index (χ2n) is 5.38. The maximum Gasteiger partial charge on any atom is 0.313 e. The average molecular weight is 272 g/mol. The van der Waals surface area contributed by atoms with E-state index in [1.54, 1.807) is 40.7 Å². The van der Waals surface area contributed by atoms with E-state index in [4.69, 9.17) is 4.74 Å². The molecule has 0 saturated carbocycles. The molecule has 0 aromatic heterocycles. The number of hydrogen-bond acceptors (Lipinski definition) is 4. The highest BCUT2D eigenvalue weighted by Gasteiger charge is 2.30. The Bertz CT molecular complexity index is 309. The van der Waals surface area contributed by atoms with Crippen LogP contribution in [0.3, 0.4) is 0 Å². The van der Waals surface area contributed by atoms with Crippen molar-refractivity contribution < 1.29 is 19.7 Å². The largest absolute Gasteiger partial charge is 0.431 e. The van der Waals surface area contributed by atoms with Crippen LogP contribution in [0.15, 0.2) is 11.8 Å². The van der Waals surface area contributed by atoms with Gasteiger partial charge in [-0.05, 0) is 19.4 Å². The second kappa shape index (κ2) is 8.33. The first-order valence-corrected chi connectivity index (χ1v) is 7.00. The number of hydrogen-bond donors (Lipinski definition) is 2. The Hall–Kier alpha value is -0.870. The molecule has 0 aromatic rings. The fraction of sp³-hybridized carbons (Fsp3) is 0.800. The van der Waals surface area contributed by atoms with E-state index in [0.29, 0.717) is 12.2 Å². The van der Waals surface area contributed by atoms with Gasteiger partial charge in [-0.15, -0.1) is 0 Å². The molecule has 4 nitrogen and oxygen atoms in total. The van der Waals surface area contributed by atoms with Crippen LogP contribution in [0.4, 0.5) is 0 Å². The van der Waals surface area contributed by atoms with Crippen LogP contribution >= 0.6 is 0 Å². The SMILES string of the molecule is C/C=C(\OC(=O)C(C)C)[C@H](C)[C@H](O)[C@H](C)[C@H](O)CC. The van der Waals surface area contributed by atoms with E-state index in [1.807, 2.05) is 6.92 Å². The Kier molecular flexibility index (Phi) is 7.95. The zero-order chi connectivity index (χ0) is 15.2. The smallest absolute Gasteiger partial charge is 0.313 e. The van der Waals surface area contributed by atoms with Crippen molar-refractivity contribution in [1.29, 1.82) is 0 Å². The summed E-state index contributed by atoms with van der Waals surface area (Å²) >= 11 is 0. The van der Waals surface area contributed by atoms with Crippen molar-refractivity contribution in [1.82, 2.24) is 0 Å². The van der Waals surface area contributed by atoms with E-state index < -0.39 is 12.2 Å². The number of esters is 1. The molecule has 0 aromatic carbocycles. The topological polar surface area (TPSA) is 66.8 Å². The Labute approximate surface area is 116 Å². The third-order valence-electron chi connectivity index (χ3n) is 3.50. The lowest BCUT2D eigenvalue weighted by Gasteiger charge is -2.29. The predicted molar refractivity (Wildman–Crippen MR) is 75.3 cm³/mol. The van der Waals surface area contributed by atoms with Crippen LogP contribution in [0.1, 0.15) is 48.0 Å². The molecular formula is C15H28O4. The summed E-state index contributed by atoms with van der Waals surface area (Å²) in [5.74, 6) is -0.660. The highest BCUT2D eigenvalue weighted by molar-refractivity contribution is 5.72. The van der Waals surface area contributed by atoms with E-state index in [2.05, 4.69) is 0 Å². The number of allylic oxidation sites excluding steroid dienone is 1. The minimum Gasteiger partial charge on any atom is -0.431 e. The summed E-state index contributed by atoms with van der Waals surface area (Å²) in [6, 6.07) is 0. The van der Waals surface area contributed by atoms with Gasteiger partial charge in [0.1, 0.15) is 5.76 Å². The van der Waals surface area contributed by atoms with E-state index >= 15 is 0 Å². The fourth-order valence-electron chi connectivity index (χ4n) is 1.87. The van der Waals surface area contributed by atoms with Gasteiger partial charge in [0.05, 0.1) is 18.1 Å². The molecule has 0 rings (SSSR count). The van der Waals surface area contributed by atoms with Crippen molar-refractivity contribution >= 4 is 5.97 Å². The van der Waals surface area contributed by atoms with Crippen molar-refractivity contribution in [3.63, 3.8) is 0 Å². The van der Waals surface area contributed by atoms with Crippen LogP contribution in [0.2, 0.25) is 0 Å². The second-order valence-corrected chi connectivity index (χ2v) is 5.38. The molecule has 0 bridgehead atoms. The van der Waals surface area contributed by atoms with Gasteiger partial charge in [-0.3, -0.25) is 4.79 Å². The van der Waals surface area contributed by atoms with Crippen LogP contribution in [0.5, 0.6) is 0 Å². The third kappa shape index (κ3) is 5.33. The molecule has 0 heterocycles. The van der Waals surface area contributed by atoms with Crippen LogP contribution in [0.25, 0.3) is 0 Å². The lowest BCUT2D eigenvalue weighted by Crippen LogP contribution is -2.35. The molecule has 0 amide bonds. The maximum atomic E-state index is 11.6. The number of rotatable bonds is 7. The molecule has 0 spiro atoms. The van der Waals surface area contributed by atoms with Gasteiger partial charge in [0.2, 0.25) is 0 Å². The number of aliphatic hydroxyl groups is 2. The van der Waals surface area contributed by atoms with E-state index in [1.165, 1.54) is 0 Å². The summed E-state index contributed by atoms with van der Waals surface area (Å²) in [6.45, 7) is 10.8. The first-order chi connectivity index (χ1) is 8.76. The van der Waals surface area contributed by atoms with Crippen molar-refractivity contribution in [3.8, 4) is 0 Å². The molecule has 0 fully saturated rings. The molecule has 2 N–H and O–H groups in total. The molecule has 4 heteroatoms. The van der Waals surface area contributed by atoms with Crippen molar-refractivity contribution in [3.05, 3.63) is 11.8 Å². The lowest BCUT2D eigenvalue weighted by molar-refractivity contribution is -0.144. The molecule has 0 radical (unpaired) electrons. The molecule has 0 saturated heterocycles. The number of ether oxygens (including phenoxy) is 1. The van der Waals surface area contributed by atoms with Gasteiger partial charge < -0.3 is 14.9 Å². The van der Waals surface area contributed by atoms with Gasteiger partial charge in [-0.2, -0.15) is 0 Å². The third-order valence-corrected chi connectivity index (χ3v) is 3.50. The first-order valence-electron chi connectivity index (χ1n) is 7.00. The van der Waals surface area contributed by atoms with E-state index in [9.17, 15) is 15.0 Å². The highest BCUT2D eigenvalue weighted by Crippen LogP contribution is 2.25. The highest BCUT2D eigenvalue weighted by atomic mass is 16.5. The molecule has 0 unspecified atom stereocenters. The van der Waals surface area contributed by atoms with E-state index in [-0.39, 0.29) is 23.7 Å². The molecule has 4 atom stereocenters. The van der Waals surface area contributed by atoms with Gasteiger partial charge in [0.25, 0.3) is 0 Å². The van der Waals surface area contributed by atoms with Gasteiger partial charge >= 0.3 is 5.97 Å². The van der Waals surface area contributed by atoms with Crippen LogP contribution in [0, 0.1) is 17.8 Å². The first kappa shape index (κ1) is 18.1. The van der Waals surface area contributed by atoms with Gasteiger partial charge in [0, 0.05) is 11.8 Å². The monoisotopic (exact) mass is 272 g/mol. The van der Waals surface area contributed by atoms with Crippen LogP contribution < -0.4 is 0 Å². The summed E-state index contributed by atoms with van der Waals surface area (Å²) < 4.78 is 5.29. The van der Waals surface area contributed by atoms with Gasteiger partial charge in [-0.1, -0.05) is 34.6 Å². The Morgan fingerprint density at radius 3 is 2.11 bits per heavy atom. The normalized spacial score (nSPS) is 18.9. The number of carbonyl (C=O) groups is 1. The van der Waals surface area contributed by atoms with Crippen LogP contribution in [-0.4, -0.2) is 28.4 Å². The molecular weight excluding hydrogens is 244 g/mol. The van der Waals surface area contributed by atoms with Crippen molar-refractivity contribution in [2.45, 2.75) is 60.2 Å². The molecule has 0 aliphatic heterocycles. The zero-order valence-electron chi connectivity index (χ0n) is 12.9. The van der Waals surface area contributed by atoms with Crippen molar-refractivity contribution in [2.24, 2.45) is 17.8 Å². The van der Waals surface area contributed by atoms with Gasteiger partial charge in [0.15, 0.2) is 0 Å². The Morgan fingerprint density at radius 2 is 1.74 bits per heavy atom. The fourth-order valence-corrected chi connectivity index (χ4v) is 1.87. The van der Waals surface area contributed by atoms with Crippen molar-refractivity contribution in [2.75, 3.05) is 0 Å². The minimum absolute atomic E-state index is 0.210. The molecule has 112 valence electrons. The molecule has 0 aliphatic rings. The zero-order valence-corrected chi connectivity index (χ0v) is 12.9. The predicted octanol–water partition coefficient (Wildman–Crippen LogP) is 2.49. The summed E-state index contributed by atoms with van der Waals surface area (Å²) in [7, 11) is 0. The summed E-state index contributed by atoms with van der Waals surface area (Å²) in [4.78, 5) is 11.6. The van der Waals surface area contributed by atoms with Gasteiger partial charge in [-0.25, -0.2) is 0 Å². The summed E-state index contributed by atoms with van der Waals surface area (Å²) in [5.41, 5.74) is 0. The average Bonchev–Trinajstić information content (AvgIpc) is 2.40. The van der Waals surface area contributed by atoms with Crippen LogP contribution in [-0.2, 0) is 9.53 Å². The van der Waals surface area contributed by atoms with E-state index in [0.717, 1.165) is 0 Å². The molecule has 19 heavy (non-hydrogen) atoms. The Morgan fingerprint density at radius 1 is 1.21 bits per heavy atom. The summed E-state index contributed by atoms with van der Waals surface area (Å²) in [6.07, 6.45) is 0.971. The number of carbonyl (C=O) groups excluding carboxylic acids is 1. The standard InChI is InChI=1S/C15H28O4/c1-7-12(16)10(5)14(17)11(6)13(8-2)19-15(18)9(3)4/h8-12,14,16-17H,7H2,1-6H3/b13-8-/t10-,11+,12-,14-/m1/s1.